The minimum Gasteiger partial charge on any atom is -0.316 e. The molecule has 0 amide bonds. The van der Waals surface area contributed by atoms with Crippen molar-refractivity contribution in [3.63, 3.8) is 0 Å². The fourth-order valence-electron chi connectivity index (χ4n) is 2.52. The molecule has 144 valence electrons. The first-order valence-corrected chi connectivity index (χ1v) is 10.8. The van der Waals surface area contributed by atoms with Gasteiger partial charge in [-0.25, -0.2) is 21.2 Å². The monoisotopic (exact) mass is 415 g/mol. The Morgan fingerprint density at radius 1 is 1.28 bits per heavy atom. The molecule has 1 aromatic rings. The molecule has 0 aliphatic carbocycles. The van der Waals surface area contributed by atoms with E-state index in [0.717, 1.165) is 25.0 Å². The van der Waals surface area contributed by atoms with Crippen molar-refractivity contribution in [2.24, 2.45) is 0 Å². The van der Waals surface area contributed by atoms with Gasteiger partial charge in [-0.3, -0.25) is 4.72 Å². The van der Waals surface area contributed by atoms with Crippen LogP contribution in [-0.4, -0.2) is 53.1 Å². The first-order valence-electron chi connectivity index (χ1n) is 7.67. The van der Waals surface area contributed by atoms with E-state index in [9.17, 15) is 21.2 Å². The molecule has 1 unspecified atom stereocenters. The standard InChI is InChI=1S/C14H22FN3O4S2.ClH/c1-3-23(19,20)17-14-7-6-12(9-13(14)15)24(21,22)18-8-4-5-11(10-18)16-2;/h6-7,9,11,16-17H,3-5,8,10H2,1-2H3;1H. The number of hydrogen-bond acceptors (Lipinski definition) is 5. The molecular weight excluding hydrogens is 393 g/mol. The van der Waals surface area contributed by atoms with E-state index in [1.54, 1.807) is 7.05 Å². The van der Waals surface area contributed by atoms with Gasteiger partial charge in [-0.2, -0.15) is 4.31 Å². The number of nitrogens with one attached hydrogen (secondary N) is 2. The molecule has 1 aromatic carbocycles. The fourth-order valence-corrected chi connectivity index (χ4v) is 4.71. The molecule has 0 spiro atoms. The first kappa shape index (κ1) is 22.1. The smallest absolute Gasteiger partial charge is 0.243 e. The van der Waals surface area contributed by atoms with Crippen LogP contribution in [0.25, 0.3) is 0 Å². The molecular formula is C14H23ClFN3O4S2. The van der Waals surface area contributed by atoms with E-state index in [4.69, 9.17) is 0 Å². The van der Waals surface area contributed by atoms with Crippen molar-refractivity contribution < 1.29 is 21.2 Å². The van der Waals surface area contributed by atoms with Crippen LogP contribution in [0.15, 0.2) is 23.1 Å². The second-order valence-corrected chi connectivity index (χ2v) is 9.59. The second kappa shape index (κ2) is 8.63. The molecule has 2 rings (SSSR count). The number of hydrogen-bond donors (Lipinski definition) is 2. The summed E-state index contributed by atoms with van der Waals surface area (Å²) in [6.07, 6.45) is 1.61. The Balaban J connectivity index is 0.00000312. The van der Waals surface area contributed by atoms with Crippen LogP contribution in [0.1, 0.15) is 19.8 Å². The maximum absolute atomic E-state index is 14.1. The average Bonchev–Trinajstić information content (AvgIpc) is 2.56. The number of anilines is 1. The van der Waals surface area contributed by atoms with Gasteiger partial charge >= 0.3 is 0 Å². The zero-order chi connectivity index (χ0) is 18.0. The minimum atomic E-state index is -3.82. The largest absolute Gasteiger partial charge is 0.316 e. The third kappa shape index (κ3) is 5.27. The van der Waals surface area contributed by atoms with Crippen LogP contribution >= 0.6 is 12.4 Å². The molecule has 1 aliphatic heterocycles. The van der Waals surface area contributed by atoms with Crippen molar-refractivity contribution in [1.29, 1.82) is 0 Å². The molecule has 0 bridgehead atoms. The molecule has 7 nitrogen and oxygen atoms in total. The molecule has 1 heterocycles. The van der Waals surface area contributed by atoms with Gasteiger partial charge in [-0.1, -0.05) is 0 Å². The van der Waals surface area contributed by atoms with Crippen molar-refractivity contribution in [2.75, 3.05) is 30.6 Å². The molecule has 0 aromatic heterocycles. The van der Waals surface area contributed by atoms with Gasteiger partial charge in [0.15, 0.2) is 0 Å². The van der Waals surface area contributed by atoms with Crippen molar-refractivity contribution in [3.8, 4) is 0 Å². The molecule has 0 radical (unpaired) electrons. The highest BCUT2D eigenvalue weighted by Gasteiger charge is 2.30. The third-order valence-electron chi connectivity index (χ3n) is 4.02. The predicted molar refractivity (Wildman–Crippen MR) is 97.6 cm³/mol. The van der Waals surface area contributed by atoms with Crippen LogP contribution in [-0.2, 0) is 20.0 Å². The van der Waals surface area contributed by atoms with Gasteiger partial charge in [0, 0.05) is 19.1 Å². The van der Waals surface area contributed by atoms with E-state index < -0.39 is 25.9 Å². The number of rotatable bonds is 6. The summed E-state index contributed by atoms with van der Waals surface area (Å²) < 4.78 is 65.9. The quantitative estimate of drug-likeness (QED) is 0.731. The highest BCUT2D eigenvalue weighted by molar-refractivity contribution is 7.92. The number of piperidine rings is 1. The van der Waals surface area contributed by atoms with Crippen LogP contribution < -0.4 is 10.0 Å². The highest BCUT2D eigenvalue weighted by Crippen LogP contribution is 2.24. The maximum Gasteiger partial charge on any atom is 0.243 e. The van der Waals surface area contributed by atoms with Crippen LogP contribution in [0.4, 0.5) is 10.1 Å². The summed E-state index contributed by atoms with van der Waals surface area (Å²) in [4.78, 5) is -0.184. The van der Waals surface area contributed by atoms with E-state index in [-0.39, 0.29) is 34.8 Å². The minimum absolute atomic E-state index is 0. The normalized spacial score (nSPS) is 19.2. The van der Waals surface area contributed by atoms with Gasteiger partial charge in [0.25, 0.3) is 0 Å². The predicted octanol–water partition coefficient (Wildman–Crippen LogP) is 1.38. The molecule has 11 heteroatoms. The third-order valence-corrected chi connectivity index (χ3v) is 7.17. The van der Waals surface area contributed by atoms with Crippen LogP contribution in [0.5, 0.6) is 0 Å². The second-order valence-electron chi connectivity index (χ2n) is 5.64. The molecule has 1 saturated heterocycles. The van der Waals surface area contributed by atoms with Crippen LogP contribution in [0.2, 0.25) is 0 Å². The van der Waals surface area contributed by atoms with Crippen molar-refractivity contribution >= 4 is 38.1 Å². The molecule has 1 atom stereocenters. The number of sulfonamides is 2. The van der Waals surface area contributed by atoms with Gasteiger partial charge in [0.05, 0.1) is 16.3 Å². The summed E-state index contributed by atoms with van der Waals surface area (Å²) in [6, 6.07) is 3.27. The van der Waals surface area contributed by atoms with Gasteiger partial charge in [0.2, 0.25) is 20.0 Å². The molecule has 0 saturated carbocycles. The zero-order valence-electron chi connectivity index (χ0n) is 14.0. The first-order chi connectivity index (χ1) is 11.2. The number of likely N-dealkylation sites (N-methyl/N-ethyl adjacent to an activating group) is 1. The summed E-state index contributed by atoms with van der Waals surface area (Å²) in [7, 11) is -5.68. The van der Waals surface area contributed by atoms with Crippen molar-refractivity contribution in [1.82, 2.24) is 9.62 Å². The summed E-state index contributed by atoms with van der Waals surface area (Å²) in [5, 5.41) is 3.05. The fraction of sp³-hybridized carbons (Fsp3) is 0.571. The lowest BCUT2D eigenvalue weighted by atomic mass is 10.1. The van der Waals surface area contributed by atoms with Crippen molar-refractivity contribution in [2.45, 2.75) is 30.7 Å². The van der Waals surface area contributed by atoms with Crippen molar-refractivity contribution in [3.05, 3.63) is 24.0 Å². The lowest BCUT2D eigenvalue weighted by Gasteiger charge is -2.31. The summed E-state index contributed by atoms with van der Waals surface area (Å²) in [5.41, 5.74) is -0.262. The van der Waals surface area contributed by atoms with Crippen LogP contribution in [0.3, 0.4) is 0 Å². The zero-order valence-corrected chi connectivity index (χ0v) is 16.5. The lowest BCUT2D eigenvalue weighted by molar-refractivity contribution is 0.293. The number of halogens is 2. The summed E-state index contributed by atoms with van der Waals surface area (Å²) in [6.45, 7) is 2.13. The SMILES string of the molecule is CCS(=O)(=O)Nc1ccc(S(=O)(=O)N2CCCC(NC)C2)cc1F.Cl. The summed E-state index contributed by atoms with van der Waals surface area (Å²) in [5.74, 6) is -1.12. The maximum atomic E-state index is 14.1. The van der Waals surface area contributed by atoms with Gasteiger partial charge < -0.3 is 5.32 Å². The number of nitrogens with zero attached hydrogens (tertiary/aromatic N) is 1. The van der Waals surface area contributed by atoms with E-state index in [1.165, 1.54) is 17.3 Å². The Kier molecular flexibility index (Phi) is 7.63. The molecule has 25 heavy (non-hydrogen) atoms. The topological polar surface area (TPSA) is 95.6 Å². The van der Waals surface area contributed by atoms with Crippen LogP contribution in [0, 0.1) is 5.82 Å². The summed E-state index contributed by atoms with van der Waals surface area (Å²) >= 11 is 0. The molecule has 2 N–H and O–H groups in total. The van der Waals surface area contributed by atoms with Gasteiger partial charge in [0.1, 0.15) is 5.82 Å². The van der Waals surface area contributed by atoms with E-state index in [2.05, 4.69) is 10.0 Å². The molecule has 1 aliphatic rings. The van der Waals surface area contributed by atoms with E-state index in [0.29, 0.717) is 13.1 Å². The highest BCUT2D eigenvalue weighted by atomic mass is 35.5. The van der Waals surface area contributed by atoms with E-state index >= 15 is 0 Å². The lowest BCUT2D eigenvalue weighted by Crippen LogP contribution is -2.46. The Morgan fingerprint density at radius 3 is 2.52 bits per heavy atom. The Hall–Kier alpha value is -0.940. The molecule has 1 fully saturated rings. The average molecular weight is 416 g/mol. The van der Waals surface area contributed by atoms with E-state index in [1.807, 2.05) is 0 Å². The Bertz CT molecular complexity index is 802. The Labute approximate surface area is 154 Å². The Morgan fingerprint density at radius 2 is 1.96 bits per heavy atom. The number of benzene rings is 1. The van der Waals surface area contributed by atoms with Gasteiger partial charge in [-0.15, -0.1) is 12.4 Å². The van der Waals surface area contributed by atoms with Gasteiger partial charge in [-0.05, 0) is 45.0 Å².